The van der Waals surface area contributed by atoms with Crippen LogP contribution in [0, 0.1) is 0 Å². The molecule has 0 saturated heterocycles. The van der Waals surface area contributed by atoms with Crippen molar-refractivity contribution in [2.45, 2.75) is 25.7 Å². The van der Waals surface area contributed by atoms with Gasteiger partial charge in [0.1, 0.15) is 0 Å². The van der Waals surface area contributed by atoms with Crippen LogP contribution in [0.5, 0.6) is 0 Å². The molecule has 24 heavy (non-hydrogen) atoms. The third-order valence-corrected chi connectivity index (χ3v) is 4.38. The molecule has 0 atom stereocenters. The summed E-state index contributed by atoms with van der Waals surface area (Å²) >= 11 is 0. The Balaban J connectivity index is 1.89. The van der Waals surface area contributed by atoms with Crippen LogP contribution in [0.25, 0.3) is 11.1 Å². The van der Waals surface area contributed by atoms with E-state index >= 15 is 0 Å². The normalized spacial score (nSPS) is 11.4. The molecular formula is C22H32N2. The largest absolute Gasteiger partial charge is 0.309 e. The van der Waals surface area contributed by atoms with Gasteiger partial charge in [0.15, 0.2) is 0 Å². The predicted molar refractivity (Wildman–Crippen MR) is 106 cm³/mol. The summed E-state index contributed by atoms with van der Waals surface area (Å²) < 4.78 is 0. The molecule has 0 amide bonds. The zero-order chi connectivity index (χ0) is 17.4. The topological polar surface area (TPSA) is 6.48 Å². The van der Waals surface area contributed by atoms with E-state index in [1.54, 1.807) is 0 Å². The molecule has 0 aliphatic carbocycles. The molecule has 0 bridgehead atoms. The lowest BCUT2D eigenvalue weighted by molar-refractivity contribution is 0.400. The molecule has 2 nitrogen and oxygen atoms in total. The fraction of sp³-hybridized carbons (Fsp3) is 0.455. The van der Waals surface area contributed by atoms with Gasteiger partial charge in [-0.05, 0) is 89.2 Å². The van der Waals surface area contributed by atoms with Crippen molar-refractivity contribution in [2.24, 2.45) is 0 Å². The van der Waals surface area contributed by atoms with Crippen LogP contribution in [0.15, 0.2) is 48.5 Å². The van der Waals surface area contributed by atoms with E-state index in [9.17, 15) is 0 Å². The highest BCUT2D eigenvalue weighted by Crippen LogP contribution is 2.21. The summed E-state index contributed by atoms with van der Waals surface area (Å²) in [7, 11) is 8.53. The zero-order valence-corrected chi connectivity index (χ0v) is 15.8. The minimum atomic E-state index is 1.15. The highest BCUT2D eigenvalue weighted by atomic mass is 15.0. The van der Waals surface area contributed by atoms with Crippen LogP contribution in [0.1, 0.15) is 24.0 Å². The van der Waals surface area contributed by atoms with Crippen LogP contribution in [-0.4, -0.2) is 51.1 Å². The third kappa shape index (κ3) is 6.46. The standard InChI is InChI=1S/C22H32N2/c1-23(2)17-5-7-19-9-13-21(14-10-19)22-15-11-20(12-16-22)8-6-18-24(3)4/h9-16H,5-8,17-18H2,1-4H3. The maximum atomic E-state index is 2.27. The minimum absolute atomic E-state index is 1.15. The SMILES string of the molecule is CN(C)CCCc1ccc(-c2ccc(CCCN(C)C)cc2)cc1. The van der Waals surface area contributed by atoms with E-state index in [0.29, 0.717) is 0 Å². The first-order valence-corrected chi connectivity index (χ1v) is 9.02. The number of hydrogen-bond acceptors (Lipinski definition) is 2. The summed E-state index contributed by atoms with van der Waals surface area (Å²) in [5.41, 5.74) is 5.49. The van der Waals surface area contributed by atoms with E-state index < -0.39 is 0 Å². The van der Waals surface area contributed by atoms with Crippen molar-refractivity contribution in [2.75, 3.05) is 41.3 Å². The number of nitrogens with zero attached hydrogens (tertiary/aromatic N) is 2. The van der Waals surface area contributed by atoms with Crippen LogP contribution < -0.4 is 0 Å². The minimum Gasteiger partial charge on any atom is -0.309 e. The van der Waals surface area contributed by atoms with E-state index in [2.05, 4.69) is 86.5 Å². The average Bonchev–Trinajstić information content (AvgIpc) is 2.56. The summed E-state index contributed by atoms with van der Waals surface area (Å²) in [5, 5.41) is 0. The van der Waals surface area contributed by atoms with Gasteiger partial charge in [-0.1, -0.05) is 48.5 Å². The van der Waals surface area contributed by atoms with Crippen LogP contribution in [0.4, 0.5) is 0 Å². The first-order chi connectivity index (χ1) is 11.5. The lowest BCUT2D eigenvalue weighted by atomic mass is 10.00. The Morgan fingerprint density at radius 2 is 0.875 bits per heavy atom. The predicted octanol–water partition coefficient (Wildman–Crippen LogP) is 4.34. The summed E-state index contributed by atoms with van der Waals surface area (Å²) in [6, 6.07) is 18.1. The van der Waals surface area contributed by atoms with Gasteiger partial charge in [0.25, 0.3) is 0 Å². The Hall–Kier alpha value is -1.64. The smallest absolute Gasteiger partial charge is 0.00217 e. The number of rotatable bonds is 9. The Labute approximate surface area is 148 Å². The molecule has 2 heteroatoms. The second-order valence-electron chi connectivity index (χ2n) is 7.21. The third-order valence-electron chi connectivity index (χ3n) is 4.38. The summed E-state index contributed by atoms with van der Waals surface area (Å²) in [6.45, 7) is 2.30. The van der Waals surface area contributed by atoms with Crippen molar-refractivity contribution < 1.29 is 0 Å². The molecule has 0 N–H and O–H groups in total. The first-order valence-electron chi connectivity index (χ1n) is 9.02. The molecule has 0 aliphatic heterocycles. The molecule has 0 radical (unpaired) electrons. The maximum Gasteiger partial charge on any atom is -0.00217 e. The molecule has 0 aromatic heterocycles. The van der Waals surface area contributed by atoms with Gasteiger partial charge in [-0.3, -0.25) is 0 Å². The van der Waals surface area contributed by atoms with Gasteiger partial charge in [0.2, 0.25) is 0 Å². The fourth-order valence-electron chi connectivity index (χ4n) is 2.93. The van der Waals surface area contributed by atoms with E-state index in [0.717, 1.165) is 25.9 Å². The van der Waals surface area contributed by atoms with E-state index in [1.807, 2.05) is 0 Å². The Kier molecular flexibility index (Phi) is 7.48. The lowest BCUT2D eigenvalue weighted by Gasteiger charge is -2.10. The number of hydrogen-bond donors (Lipinski definition) is 0. The van der Waals surface area contributed by atoms with Gasteiger partial charge in [0.05, 0.1) is 0 Å². The van der Waals surface area contributed by atoms with Crippen LogP contribution in [0.2, 0.25) is 0 Å². The molecule has 0 unspecified atom stereocenters. The van der Waals surface area contributed by atoms with Gasteiger partial charge in [-0.25, -0.2) is 0 Å². The molecule has 2 aromatic carbocycles. The van der Waals surface area contributed by atoms with Crippen molar-refractivity contribution in [3.8, 4) is 11.1 Å². The zero-order valence-electron chi connectivity index (χ0n) is 15.8. The Morgan fingerprint density at radius 1 is 0.542 bits per heavy atom. The quantitative estimate of drug-likeness (QED) is 0.677. The summed E-state index contributed by atoms with van der Waals surface area (Å²) in [4.78, 5) is 4.49. The van der Waals surface area contributed by atoms with Crippen molar-refractivity contribution in [1.82, 2.24) is 9.80 Å². The summed E-state index contributed by atoms with van der Waals surface area (Å²) in [6.07, 6.45) is 4.74. The van der Waals surface area contributed by atoms with Gasteiger partial charge in [-0.2, -0.15) is 0 Å². The van der Waals surface area contributed by atoms with Crippen LogP contribution >= 0.6 is 0 Å². The molecular weight excluding hydrogens is 292 g/mol. The van der Waals surface area contributed by atoms with Gasteiger partial charge < -0.3 is 9.80 Å². The van der Waals surface area contributed by atoms with E-state index in [4.69, 9.17) is 0 Å². The maximum absolute atomic E-state index is 2.27. The first kappa shape index (κ1) is 18.7. The van der Waals surface area contributed by atoms with Crippen molar-refractivity contribution >= 4 is 0 Å². The summed E-state index contributed by atoms with van der Waals surface area (Å²) in [5.74, 6) is 0. The molecule has 0 heterocycles. The Morgan fingerprint density at radius 3 is 1.17 bits per heavy atom. The monoisotopic (exact) mass is 324 g/mol. The molecule has 0 fully saturated rings. The van der Waals surface area contributed by atoms with E-state index in [1.165, 1.54) is 35.1 Å². The number of benzene rings is 2. The van der Waals surface area contributed by atoms with Crippen LogP contribution in [-0.2, 0) is 12.8 Å². The fourth-order valence-corrected chi connectivity index (χ4v) is 2.93. The second kappa shape index (κ2) is 9.61. The lowest BCUT2D eigenvalue weighted by Crippen LogP contribution is -2.13. The van der Waals surface area contributed by atoms with Crippen LogP contribution in [0.3, 0.4) is 0 Å². The average molecular weight is 325 g/mol. The van der Waals surface area contributed by atoms with Gasteiger partial charge in [0, 0.05) is 0 Å². The van der Waals surface area contributed by atoms with Crippen molar-refractivity contribution in [3.63, 3.8) is 0 Å². The second-order valence-corrected chi connectivity index (χ2v) is 7.21. The van der Waals surface area contributed by atoms with Crippen molar-refractivity contribution in [3.05, 3.63) is 59.7 Å². The highest BCUT2D eigenvalue weighted by Gasteiger charge is 2.01. The molecule has 0 spiro atoms. The van der Waals surface area contributed by atoms with Crippen molar-refractivity contribution in [1.29, 1.82) is 0 Å². The molecule has 0 saturated carbocycles. The molecule has 130 valence electrons. The van der Waals surface area contributed by atoms with Gasteiger partial charge >= 0.3 is 0 Å². The molecule has 0 aliphatic rings. The van der Waals surface area contributed by atoms with E-state index in [-0.39, 0.29) is 0 Å². The Bertz CT molecular complexity index is 527. The number of aryl methyl sites for hydroxylation is 2. The molecule has 2 aromatic rings. The van der Waals surface area contributed by atoms with Gasteiger partial charge in [-0.15, -0.1) is 0 Å². The highest BCUT2D eigenvalue weighted by molar-refractivity contribution is 5.63. The molecule has 2 rings (SSSR count).